The fourth-order valence-corrected chi connectivity index (χ4v) is 1.54. The van der Waals surface area contributed by atoms with E-state index < -0.39 is 0 Å². The van der Waals surface area contributed by atoms with Crippen LogP contribution in [0.15, 0.2) is 22.6 Å². The molecule has 0 aromatic rings. The van der Waals surface area contributed by atoms with Crippen LogP contribution in [0.4, 0.5) is 0 Å². The lowest BCUT2D eigenvalue weighted by molar-refractivity contribution is -0.116. The fraction of sp³-hybridized carbons (Fsp3) is 0.500. The Labute approximate surface area is 92.9 Å². The summed E-state index contributed by atoms with van der Waals surface area (Å²) < 4.78 is 10.6. The third kappa shape index (κ3) is 2.33. The molecule has 4 nitrogen and oxygen atoms in total. The van der Waals surface area contributed by atoms with Crippen LogP contribution in [0, 0.1) is 0 Å². The Hall–Kier alpha value is -1.00. The van der Waals surface area contributed by atoms with Crippen molar-refractivity contribution in [1.29, 1.82) is 0 Å². The predicted molar refractivity (Wildman–Crippen MR) is 55.3 cm³/mol. The Balaban J connectivity index is 2.16. The van der Waals surface area contributed by atoms with E-state index in [4.69, 9.17) is 21.1 Å². The number of rotatable bonds is 3. The quantitative estimate of drug-likeness (QED) is 0.732. The molecule has 2 aliphatic heterocycles. The van der Waals surface area contributed by atoms with Crippen molar-refractivity contribution in [3.8, 4) is 0 Å². The standard InChI is InChI=1S/C10H12ClNO3/c1-6(13)8-3-12-10(11)2-9(8)15-7-4-14-5-7/h2,7,12H,3-5H2,1H3. The first-order valence-corrected chi connectivity index (χ1v) is 5.14. The van der Waals surface area contributed by atoms with Crippen LogP contribution in [0.25, 0.3) is 0 Å². The highest BCUT2D eigenvalue weighted by atomic mass is 35.5. The molecule has 5 heteroatoms. The van der Waals surface area contributed by atoms with E-state index in [1.807, 2.05) is 0 Å². The van der Waals surface area contributed by atoms with E-state index >= 15 is 0 Å². The van der Waals surface area contributed by atoms with Gasteiger partial charge >= 0.3 is 0 Å². The summed E-state index contributed by atoms with van der Waals surface area (Å²) >= 11 is 5.82. The lowest BCUT2D eigenvalue weighted by Gasteiger charge is -2.29. The topological polar surface area (TPSA) is 47.6 Å². The molecule has 0 spiro atoms. The van der Waals surface area contributed by atoms with Gasteiger partial charge in [-0.1, -0.05) is 11.6 Å². The molecule has 2 rings (SSSR count). The number of ether oxygens (including phenoxy) is 2. The first-order valence-electron chi connectivity index (χ1n) is 4.76. The minimum atomic E-state index is -0.00171. The molecule has 1 fully saturated rings. The molecule has 1 N–H and O–H groups in total. The van der Waals surface area contributed by atoms with Crippen molar-refractivity contribution in [1.82, 2.24) is 5.32 Å². The molecule has 0 saturated carbocycles. The Morgan fingerprint density at radius 3 is 2.93 bits per heavy atom. The molecule has 0 aromatic carbocycles. The molecule has 0 aliphatic carbocycles. The molecule has 0 radical (unpaired) electrons. The maximum absolute atomic E-state index is 11.3. The summed E-state index contributed by atoms with van der Waals surface area (Å²) in [5, 5.41) is 3.38. The Bertz CT molecular complexity index is 345. The van der Waals surface area contributed by atoms with Crippen molar-refractivity contribution in [2.75, 3.05) is 19.8 Å². The maximum Gasteiger partial charge on any atom is 0.161 e. The average Bonchev–Trinajstić information content (AvgIpc) is 2.11. The second-order valence-electron chi connectivity index (χ2n) is 3.52. The molecule has 15 heavy (non-hydrogen) atoms. The molecule has 0 bridgehead atoms. The molecule has 2 heterocycles. The molecule has 82 valence electrons. The van der Waals surface area contributed by atoms with Gasteiger partial charge in [-0.05, 0) is 6.92 Å². The van der Waals surface area contributed by atoms with Crippen LogP contribution in [0.3, 0.4) is 0 Å². The van der Waals surface area contributed by atoms with Crippen LogP contribution in [-0.4, -0.2) is 31.6 Å². The Morgan fingerprint density at radius 2 is 2.40 bits per heavy atom. The molecule has 0 unspecified atom stereocenters. The van der Waals surface area contributed by atoms with E-state index in [0.29, 0.717) is 36.2 Å². The average molecular weight is 230 g/mol. The van der Waals surface area contributed by atoms with E-state index in [9.17, 15) is 4.79 Å². The summed E-state index contributed by atoms with van der Waals surface area (Å²) in [5.74, 6) is 0.567. The van der Waals surface area contributed by atoms with Crippen LogP contribution in [0.2, 0.25) is 0 Å². The number of nitrogens with one attached hydrogen (secondary N) is 1. The second-order valence-corrected chi connectivity index (χ2v) is 3.93. The fourth-order valence-electron chi connectivity index (χ4n) is 1.38. The van der Waals surface area contributed by atoms with E-state index in [1.54, 1.807) is 6.08 Å². The van der Waals surface area contributed by atoms with Crippen LogP contribution in [0.1, 0.15) is 6.92 Å². The summed E-state index contributed by atoms with van der Waals surface area (Å²) in [5.41, 5.74) is 0.631. The van der Waals surface area contributed by atoms with E-state index in [2.05, 4.69) is 5.32 Å². The molecule has 0 amide bonds. The molecule has 2 aliphatic rings. The zero-order chi connectivity index (χ0) is 10.8. The summed E-state index contributed by atoms with van der Waals surface area (Å²) in [6, 6.07) is 0. The largest absolute Gasteiger partial charge is 0.485 e. The number of hydrogen-bond acceptors (Lipinski definition) is 4. The molecule has 1 saturated heterocycles. The van der Waals surface area contributed by atoms with Crippen LogP contribution in [0.5, 0.6) is 0 Å². The maximum atomic E-state index is 11.3. The van der Waals surface area contributed by atoms with Gasteiger partial charge in [-0.2, -0.15) is 0 Å². The SMILES string of the molecule is CC(=O)C1=C(OC2COC2)C=C(Cl)NC1. The van der Waals surface area contributed by atoms with E-state index in [-0.39, 0.29) is 11.9 Å². The van der Waals surface area contributed by atoms with Crippen molar-refractivity contribution in [3.63, 3.8) is 0 Å². The normalized spacial score (nSPS) is 21.6. The number of hydrogen-bond donors (Lipinski definition) is 1. The zero-order valence-electron chi connectivity index (χ0n) is 8.38. The predicted octanol–water partition coefficient (Wildman–Crippen LogP) is 0.928. The summed E-state index contributed by atoms with van der Waals surface area (Å²) in [4.78, 5) is 11.3. The number of carbonyl (C=O) groups excluding carboxylic acids is 1. The van der Waals surface area contributed by atoms with Gasteiger partial charge in [0.05, 0.1) is 18.8 Å². The first kappa shape index (κ1) is 10.5. The zero-order valence-corrected chi connectivity index (χ0v) is 9.13. The Morgan fingerprint density at radius 1 is 1.67 bits per heavy atom. The van der Waals surface area contributed by atoms with Gasteiger partial charge in [-0.3, -0.25) is 4.79 Å². The van der Waals surface area contributed by atoms with Crippen molar-refractivity contribution < 1.29 is 14.3 Å². The highest BCUT2D eigenvalue weighted by Gasteiger charge is 2.24. The van der Waals surface area contributed by atoms with Gasteiger partial charge in [0, 0.05) is 12.6 Å². The Kier molecular flexibility index (Phi) is 2.98. The number of Topliss-reactive ketones (excluding diaryl/α,β-unsaturated/α-hetero) is 1. The second kappa shape index (κ2) is 4.24. The van der Waals surface area contributed by atoms with Crippen molar-refractivity contribution >= 4 is 17.4 Å². The third-order valence-corrected chi connectivity index (χ3v) is 2.56. The monoisotopic (exact) mass is 229 g/mol. The third-order valence-electron chi connectivity index (χ3n) is 2.32. The molecule has 0 atom stereocenters. The van der Waals surface area contributed by atoms with Crippen LogP contribution < -0.4 is 5.32 Å². The minimum absolute atomic E-state index is 0.00171. The number of dihydropyridines is 1. The lowest BCUT2D eigenvalue weighted by atomic mass is 10.1. The minimum Gasteiger partial charge on any atom is -0.485 e. The molecular weight excluding hydrogens is 218 g/mol. The highest BCUT2D eigenvalue weighted by Crippen LogP contribution is 2.21. The van der Waals surface area contributed by atoms with Crippen LogP contribution in [-0.2, 0) is 14.3 Å². The van der Waals surface area contributed by atoms with E-state index in [0.717, 1.165) is 0 Å². The van der Waals surface area contributed by atoms with Gasteiger partial charge in [0.2, 0.25) is 0 Å². The molecule has 0 aromatic heterocycles. The van der Waals surface area contributed by atoms with Gasteiger partial charge in [0.15, 0.2) is 5.78 Å². The number of halogens is 1. The highest BCUT2D eigenvalue weighted by molar-refractivity contribution is 6.29. The number of carbonyl (C=O) groups is 1. The summed E-state index contributed by atoms with van der Waals surface area (Å²) in [6.45, 7) is 3.10. The number of allylic oxidation sites excluding steroid dienone is 1. The van der Waals surface area contributed by atoms with E-state index in [1.165, 1.54) is 6.92 Å². The van der Waals surface area contributed by atoms with Gasteiger partial charge in [-0.15, -0.1) is 0 Å². The number of ketones is 1. The van der Waals surface area contributed by atoms with Gasteiger partial charge < -0.3 is 14.8 Å². The first-order chi connectivity index (χ1) is 7.16. The van der Waals surface area contributed by atoms with Crippen molar-refractivity contribution in [3.05, 3.63) is 22.6 Å². The summed E-state index contributed by atoms with van der Waals surface area (Å²) in [6.07, 6.45) is 1.69. The smallest absolute Gasteiger partial charge is 0.161 e. The van der Waals surface area contributed by atoms with Gasteiger partial charge in [0.1, 0.15) is 17.0 Å². The van der Waals surface area contributed by atoms with Gasteiger partial charge in [-0.25, -0.2) is 0 Å². The van der Waals surface area contributed by atoms with Crippen molar-refractivity contribution in [2.45, 2.75) is 13.0 Å². The van der Waals surface area contributed by atoms with Gasteiger partial charge in [0.25, 0.3) is 0 Å². The van der Waals surface area contributed by atoms with Crippen molar-refractivity contribution in [2.24, 2.45) is 0 Å². The molecular formula is C10H12ClNO3. The van der Waals surface area contributed by atoms with Crippen LogP contribution >= 0.6 is 11.6 Å². The summed E-state index contributed by atoms with van der Waals surface area (Å²) in [7, 11) is 0. The lowest BCUT2D eigenvalue weighted by Crippen LogP contribution is -2.37.